The first-order valence-electron chi connectivity index (χ1n) is 7.63. The number of carbonyl (C=O) groups is 2. The predicted octanol–water partition coefficient (Wildman–Crippen LogP) is -0.112. The van der Waals surface area contributed by atoms with Gasteiger partial charge in [-0.1, -0.05) is 0 Å². The quantitative estimate of drug-likeness (QED) is 0.518. The summed E-state index contributed by atoms with van der Waals surface area (Å²) in [4.78, 5) is 35.1. The molecule has 15 heteroatoms. The summed E-state index contributed by atoms with van der Waals surface area (Å²) in [6.45, 7) is 1.49. The molecule has 0 atom stereocenters. The standard InChI is InChI=1S/C14H15N3O10S2/c1-3-27-14(20)16(2)13(19)9-7-12(18)17(15-9)10-6-8(28(21,22)23)4-5-11(10)29(24,25)26/h4-7,15H,3H2,1-2H3,(H,21,22,23)(H,24,25,26). The number of aromatic nitrogens is 2. The van der Waals surface area contributed by atoms with E-state index in [0.29, 0.717) is 33.8 Å². The number of H-pyrrole nitrogens is 1. The number of ether oxygens (including phenoxy) is 1. The second kappa shape index (κ2) is 7.78. The SMILES string of the molecule is CCOC(=O)N(C)C(=O)c1cc(=O)n(-c2cc(S(=O)(=O)O)ccc2S(=O)(=O)O)[nH]1. The number of benzene rings is 1. The van der Waals surface area contributed by atoms with E-state index in [-0.39, 0.29) is 6.61 Å². The van der Waals surface area contributed by atoms with Crippen molar-refractivity contribution in [3.8, 4) is 5.69 Å². The molecule has 2 rings (SSSR count). The summed E-state index contributed by atoms with van der Waals surface area (Å²) in [6, 6.07) is 2.65. The zero-order valence-electron chi connectivity index (χ0n) is 14.9. The van der Waals surface area contributed by atoms with Crippen LogP contribution in [0.15, 0.2) is 38.9 Å². The van der Waals surface area contributed by atoms with Crippen molar-refractivity contribution in [1.82, 2.24) is 14.7 Å². The summed E-state index contributed by atoms with van der Waals surface area (Å²) in [5, 5.41) is 2.22. The first kappa shape index (κ1) is 22.3. The van der Waals surface area contributed by atoms with E-state index in [4.69, 9.17) is 4.55 Å². The zero-order chi connectivity index (χ0) is 22.1. The minimum absolute atomic E-state index is 0.0197. The monoisotopic (exact) mass is 449 g/mol. The molecule has 0 bridgehead atoms. The molecule has 0 aliphatic rings. The largest absolute Gasteiger partial charge is 0.449 e. The van der Waals surface area contributed by atoms with Gasteiger partial charge in [-0.15, -0.1) is 0 Å². The van der Waals surface area contributed by atoms with Gasteiger partial charge in [0, 0.05) is 13.1 Å². The molecule has 13 nitrogen and oxygen atoms in total. The maximum absolute atomic E-state index is 12.3. The molecule has 29 heavy (non-hydrogen) atoms. The lowest BCUT2D eigenvalue weighted by molar-refractivity contribution is 0.0714. The summed E-state index contributed by atoms with van der Waals surface area (Å²) in [5.41, 5.74) is -2.18. The Kier molecular flexibility index (Phi) is 5.98. The highest BCUT2D eigenvalue weighted by Gasteiger charge is 2.25. The van der Waals surface area contributed by atoms with Crippen LogP contribution in [-0.4, -0.2) is 66.3 Å². The van der Waals surface area contributed by atoms with E-state index >= 15 is 0 Å². The van der Waals surface area contributed by atoms with Crippen LogP contribution in [-0.2, 0) is 25.0 Å². The number of nitrogens with one attached hydrogen (secondary N) is 1. The summed E-state index contributed by atoms with van der Waals surface area (Å²) in [6.07, 6.45) is -1.02. The van der Waals surface area contributed by atoms with Crippen molar-refractivity contribution in [2.75, 3.05) is 13.7 Å². The Morgan fingerprint density at radius 1 is 1.14 bits per heavy atom. The maximum Gasteiger partial charge on any atom is 0.416 e. The van der Waals surface area contributed by atoms with Gasteiger partial charge in [0.2, 0.25) is 0 Å². The van der Waals surface area contributed by atoms with Gasteiger partial charge in [-0.25, -0.2) is 14.4 Å². The molecular formula is C14H15N3O10S2. The van der Waals surface area contributed by atoms with Crippen molar-refractivity contribution >= 4 is 32.2 Å². The molecule has 2 amide bonds. The molecular weight excluding hydrogens is 434 g/mol. The minimum Gasteiger partial charge on any atom is -0.449 e. The van der Waals surface area contributed by atoms with Gasteiger partial charge in [0.1, 0.15) is 10.6 Å². The molecule has 158 valence electrons. The minimum atomic E-state index is -4.93. The normalized spacial score (nSPS) is 11.9. The second-order valence-electron chi connectivity index (χ2n) is 5.49. The molecule has 0 fully saturated rings. The Bertz CT molecular complexity index is 1240. The van der Waals surface area contributed by atoms with E-state index < -0.39 is 59.0 Å². The van der Waals surface area contributed by atoms with Crippen LogP contribution >= 0.6 is 0 Å². The highest BCUT2D eigenvalue weighted by molar-refractivity contribution is 7.86. The van der Waals surface area contributed by atoms with Crippen molar-refractivity contribution < 1.29 is 40.3 Å². The van der Waals surface area contributed by atoms with Gasteiger partial charge in [0.25, 0.3) is 31.7 Å². The maximum atomic E-state index is 12.3. The molecule has 0 saturated carbocycles. The van der Waals surface area contributed by atoms with Gasteiger partial charge in [-0.05, 0) is 25.1 Å². The molecule has 0 radical (unpaired) electrons. The Labute approximate surface area is 164 Å². The Balaban J connectivity index is 2.66. The third-order valence-corrected chi connectivity index (χ3v) is 5.29. The lowest BCUT2D eigenvalue weighted by Gasteiger charge is -2.13. The second-order valence-corrected chi connectivity index (χ2v) is 8.30. The molecule has 3 N–H and O–H groups in total. The fourth-order valence-corrected chi connectivity index (χ4v) is 3.37. The van der Waals surface area contributed by atoms with Gasteiger partial charge in [0.05, 0.1) is 17.2 Å². The van der Waals surface area contributed by atoms with Crippen molar-refractivity contribution in [3.05, 3.63) is 40.3 Å². The molecule has 2 aromatic rings. The van der Waals surface area contributed by atoms with Gasteiger partial charge in [-0.2, -0.15) is 16.8 Å². The Hall–Kier alpha value is -3.01. The fourth-order valence-electron chi connectivity index (χ4n) is 2.22. The highest BCUT2D eigenvalue weighted by Crippen LogP contribution is 2.23. The average Bonchev–Trinajstić information content (AvgIpc) is 3.00. The van der Waals surface area contributed by atoms with Crippen LogP contribution < -0.4 is 5.56 Å². The first-order chi connectivity index (χ1) is 13.3. The van der Waals surface area contributed by atoms with E-state index in [1.165, 1.54) is 6.92 Å². The third kappa shape index (κ3) is 4.70. The Morgan fingerprint density at radius 3 is 2.28 bits per heavy atom. The average molecular weight is 449 g/mol. The highest BCUT2D eigenvalue weighted by atomic mass is 32.2. The fraction of sp³-hybridized carbons (Fsp3) is 0.214. The molecule has 1 aromatic carbocycles. The summed E-state index contributed by atoms with van der Waals surface area (Å²) >= 11 is 0. The van der Waals surface area contributed by atoms with Crippen LogP contribution in [0.2, 0.25) is 0 Å². The molecule has 0 spiro atoms. The van der Waals surface area contributed by atoms with Gasteiger partial charge in [0.15, 0.2) is 0 Å². The van der Waals surface area contributed by atoms with Crippen molar-refractivity contribution in [2.45, 2.75) is 16.7 Å². The number of carbonyl (C=O) groups excluding carboxylic acids is 2. The van der Waals surface area contributed by atoms with Crippen LogP contribution in [0.25, 0.3) is 5.69 Å². The zero-order valence-corrected chi connectivity index (χ0v) is 16.5. The number of amides is 2. The molecule has 0 saturated heterocycles. The summed E-state index contributed by atoms with van der Waals surface area (Å²) < 4.78 is 69.4. The van der Waals surface area contributed by atoms with Crippen LogP contribution in [0, 0.1) is 0 Å². The predicted molar refractivity (Wildman–Crippen MR) is 95.1 cm³/mol. The van der Waals surface area contributed by atoms with Crippen molar-refractivity contribution in [2.24, 2.45) is 0 Å². The lowest BCUT2D eigenvalue weighted by atomic mass is 10.3. The molecule has 0 unspecified atom stereocenters. The van der Waals surface area contributed by atoms with E-state index in [2.05, 4.69) is 9.84 Å². The van der Waals surface area contributed by atoms with Crippen LogP contribution in [0.1, 0.15) is 17.4 Å². The number of hydrogen-bond donors (Lipinski definition) is 3. The molecule has 1 aromatic heterocycles. The third-order valence-electron chi connectivity index (χ3n) is 3.54. The van der Waals surface area contributed by atoms with Gasteiger partial charge < -0.3 is 4.74 Å². The smallest absolute Gasteiger partial charge is 0.416 e. The number of nitrogens with zero attached hydrogens (tertiary/aromatic N) is 2. The number of imide groups is 1. The summed E-state index contributed by atoms with van der Waals surface area (Å²) in [7, 11) is -8.66. The Morgan fingerprint density at radius 2 is 1.76 bits per heavy atom. The number of hydrogen-bond acceptors (Lipinski definition) is 8. The molecule has 0 aliphatic carbocycles. The lowest BCUT2D eigenvalue weighted by Crippen LogP contribution is -2.34. The van der Waals surface area contributed by atoms with E-state index in [9.17, 15) is 35.8 Å². The topological polar surface area (TPSA) is 193 Å². The first-order valence-corrected chi connectivity index (χ1v) is 10.5. The van der Waals surface area contributed by atoms with Crippen LogP contribution in [0.3, 0.4) is 0 Å². The van der Waals surface area contributed by atoms with E-state index in [1.54, 1.807) is 0 Å². The molecule has 1 heterocycles. The van der Waals surface area contributed by atoms with E-state index in [0.717, 1.165) is 7.05 Å². The number of rotatable bonds is 5. The van der Waals surface area contributed by atoms with Gasteiger partial charge >= 0.3 is 6.09 Å². The van der Waals surface area contributed by atoms with E-state index in [1.807, 2.05) is 0 Å². The van der Waals surface area contributed by atoms with Crippen molar-refractivity contribution in [3.63, 3.8) is 0 Å². The number of aromatic amines is 1. The summed E-state index contributed by atoms with van der Waals surface area (Å²) in [5.74, 6) is -1.02. The van der Waals surface area contributed by atoms with Crippen LogP contribution in [0.5, 0.6) is 0 Å². The van der Waals surface area contributed by atoms with Gasteiger partial charge in [-0.3, -0.25) is 23.8 Å². The van der Waals surface area contributed by atoms with Crippen LogP contribution in [0.4, 0.5) is 4.79 Å². The van der Waals surface area contributed by atoms with Crippen molar-refractivity contribution in [1.29, 1.82) is 0 Å². The molecule has 0 aliphatic heterocycles.